The molecule has 7 atom stereocenters. The zero-order valence-corrected chi connectivity index (χ0v) is 59.3. The lowest BCUT2D eigenvalue weighted by Crippen LogP contribution is -2.60. The number of aliphatic hydroxyl groups is 5. The Kier molecular flexibility index (Phi) is 65.8. The fourth-order valence-electron chi connectivity index (χ4n) is 11.5. The minimum absolute atomic E-state index is 0.191. The van der Waals surface area contributed by atoms with E-state index < -0.39 is 49.5 Å². The molecule has 9 heteroatoms. The summed E-state index contributed by atoms with van der Waals surface area (Å²) in [7, 11) is 0. The lowest BCUT2D eigenvalue weighted by atomic mass is 9.99. The highest BCUT2D eigenvalue weighted by Gasteiger charge is 2.44. The van der Waals surface area contributed by atoms with Gasteiger partial charge in [-0.05, 0) is 103 Å². The molecule has 0 aliphatic carbocycles. The number of nitrogens with one attached hydrogen (secondary N) is 1. The number of ether oxygens (including phenoxy) is 2. The maximum Gasteiger partial charge on any atom is 0.220 e. The Labute approximate surface area is 566 Å². The maximum atomic E-state index is 13.2. The van der Waals surface area contributed by atoms with Crippen LogP contribution in [0, 0.1) is 0 Å². The summed E-state index contributed by atoms with van der Waals surface area (Å²) in [6.45, 7) is 3.68. The Morgan fingerprint density at radius 3 is 1.04 bits per heavy atom. The fraction of sp³-hybridized carbons (Fsp3) is 0.723. The van der Waals surface area contributed by atoms with Crippen molar-refractivity contribution < 1.29 is 39.8 Å². The molecule has 1 aliphatic heterocycles. The summed E-state index contributed by atoms with van der Waals surface area (Å²) >= 11 is 0. The minimum Gasteiger partial charge on any atom is -0.394 e. The highest BCUT2D eigenvalue weighted by atomic mass is 16.7. The van der Waals surface area contributed by atoms with Crippen LogP contribution in [0.3, 0.4) is 0 Å². The smallest absolute Gasteiger partial charge is 0.220 e. The monoisotopic (exact) mass is 1280 g/mol. The van der Waals surface area contributed by atoms with Crippen LogP contribution in [0.1, 0.15) is 328 Å². The molecular weight excluding hydrogens is 1140 g/mol. The number of carbonyl (C=O) groups excluding carboxylic acids is 1. The second kappa shape index (κ2) is 70.1. The third kappa shape index (κ3) is 57.7. The first-order valence-corrected chi connectivity index (χ1v) is 38.4. The van der Waals surface area contributed by atoms with E-state index >= 15 is 0 Å². The summed E-state index contributed by atoms with van der Waals surface area (Å²) in [4.78, 5) is 13.2. The summed E-state index contributed by atoms with van der Waals surface area (Å²) in [6, 6.07) is -0.834. The van der Waals surface area contributed by atoms with Crippen molar-refractivity contribution in [2.75, 3.05) is 13.2 Å². The van der Waals surface area contributed by atoms with Gasteiger partial charge in [-0.25, -0.2) is 0 Å². The van der Waals surface area contributed by atoms with Crippen molar-refractivity contribution in [1.82, 2.24) is 5.32 Å². The average molecular weight is 1280 g/mol. The lowest BCUT2D eigenvalue weighted by molar-refractivity contribution is -0.302. The minimum atomic E-state index is -1.58. The van der Waals surface area contributed by atoms with E-state index in [1.807, 2.05) is 6.08 Å². The van der Waals surface area contributed by atoms with Crippen molar-refractivity contribution in [3.63, 3.8) is 0 Å². The molecule has 0 spiro atoms. The van der Waals surface area contributed by atoms with Crippen molar-refractivity contribution in [1.29, 1.82) is 0 Å². The van der Waals surface area contributed by atoms with Gasteiger partial charge in [-0.3, -0.25) is 4.79 Å². The summed E-state index contributed by atoms with van der Waals surface area (Å²) in [5, 5.41) is 54.8. The molecule has 0 aromatic heterocycles. The Bertz CT molecular complexity index is 1920. The predicted molar refractivity (Wildman–Crippen MR) is 396 cm³/mol. The van der Waals surface area contributed by atoms with Gasteiger partial charge in [0.25, 0.3) is 0 Å². The highest BCUT2D eigenvalue weighted by Crippen LogP contribution is 2.23. The molecule has 1 saturated heterocycles. The Hall–Kier alpha value is -3.67. The second-order valence-corrected chi connectivity index (χ2v) is 26.1. The van der Waals surface area contributed by atoms with E-state index in [-0.39, 0.29) is 12.5 Å². The average Bonchev–Trinajstić information content (AvgIpc) is 1.45. The molecule has 92 heavy (non-hydrogen) atoms. The summed E-state index contributed by atoms with van der Waals surface area (Å²) in [5.74, 6) is -0.191. The van der Waals surface area contributed by atoms with E-state index in [1.165, 1.54) is 199 Å². The van der Waals surface area contributed by atoms with Gasteiger partial charge in [0.1, 0.15) is 24.4 Å². The zero-order valence-electron chi connectivity index (χ0n) is 59.3. The number of aliphatic hydroxyl groups excluding tert-OH is 5. The van der Waals surface area contributed by atoms with Crippen LogP contribution < -0.4 is 5.32 Å². The number of unbranched alkanes of at least 4 members (excludes halogenated alkanes) is 36. The van der Waals surface area contributed by atoms with Gasteiger partial charge in [0.05, 0.1) is 25.4 Å². The maximum absolute atomic E-state index is 13.2. The lowest BCUT2D eigenvalue weighted by Gasteiger charge is -2.40. The van der Waals surface area contributed by atoms with E-state index in [0.29, 0.717) is 6.42 Å². The summed E-state index contributed by atoms with van der Waals surface area (Å²) < 4.78 is 11.3. The van der Waals surface area contributed by atoms with Gasteiger partial charge in [0.15, 0.2) is 6.29 Å². The highest BCUT2D eigenvalue weighted by molar-refractivity contribution is 5.76. The van der Waals surface area contributed by atoms with Crippen LogP contribution >= 0.6 is 0 Å². The second-order valence-electron chi connectivity index (χ2n) is 26.1. The molecule has 1 heterocycles. The van der Waals surface area contributed by atoms with Crippen LogP contribution in [-0.2, 0) is 14.3 Å². The first kappa shape index (κ1) is 86.3. The zero-order chi connectivity index (χ0) is 66.4. The molecule has 1 aliphatic rings. The van der Waals surface area contributed by atoms with Crippen LogP contribution in [0.2, 0.25) is 0 Å². The van der Waals surface area contributed by atoms with E-state index in [0.717, 1.165) is 109 Å². The molecule has 528 valence electrons. The van der Waals surface area contributed by atoms with Gasteiger partial charge < -0.3 is 40.3 Å². The first-order chi connectivity index (χ1) is 45.3. The third-order valence-electron chi connectivity index (χ3n) is 17.5. The topological polar surface area (TPSA) is 149 Å². The quantitative estimate of drug-likeness (QED) is 0.0261. The number of rotatable bonds is 66. The molecular formula is C83H143NO8. The van der Waals surface area contributed by atoms with Crippen LogP contribution in [0.15, 0.2) is 134 Å². The van der Waals surface area contributed by atoms with Gasteiger partial charge in [-0.1, -0.05) is 353 Å². The molecule has 9 nitrogen and oxygen atoms in total. The van der Waals surface area contributed by atoms with Crippen LogP contribution in [0.5, 0.6) is 0 Å². The van der Waals surface area contributed by atoms with E-state index in [2.05, 4.69) is 141 Å². The standard InChI is InChI=1S/C83H143NO8/c1-3-5-7-9-11-13-15-17-19-21-23-25-27-29-31-33-35-36-37-38-39-40-41-42-43-45-47-49-51-53-55-57-59-61-63-65-67-69-71-73-79(87)84-76(75-91-83-82(90)81(89)80(88)78(74-85)92-83)77(86)72-70-68-66-64-62-60-58-56-54-52-50-48-46-44-34-32-30-28-26-24-22-20-18-16-14-12-10-8-6-4-2/h5,7,11,13,17,19,23,25,29,31,35-36,38-39,41-42,45,47,62,64,70,72,76-78,80-83,85-86,88-90H,3-4,6,8-10,12,14-16,18,20-22,24,26-28,30,32-34,37,40,43-44,46,48-61,63,65-69,71,73-75H2,1-2H3,(H,84,87)/b7-5-,13-11-,19-17-,25-23-,31-29-,36-35-,39-38-,42-41-,47-45-,64-62+,72-70+. The van der Waals surface area contributed by atoms with Gasteiger partial charge >= 0.3 is 0 Å². The number of allylic oxidation sites excluding steroid dienone is 21. The Morgan fingerprint density at radius 2 is 0.685 bits per heavy atom. The Balaban J connectivity index is 2.14. The van der Waals surface area contributed by atoms with E-state index in [4.69, 9.17) is 9.47 Å². The van der Waals surface area contributed by atoms with Gasteiger partial charge in [0, 0.05) is 6.42 Å². The van der Waals surface area contributed by atoms with Gasteiger partial charge in [-0.2, -0.15) is 0 Å². The number of hydrogen-bond donors (Lipinski definition) is 6. The van der Waals surface area contributed by atoms with Crippen molar-refractivity contribution in [3.05, 3.63) is 134 Å². The molecule has 1 amide bonds. The third-order valence-corrected chi connectivity index (χ3v) is 17.5. The van der Waals surface area contributed by atoms with Crippen molar-refractivity contribution in [2.45, 2.75) is 371 Å². The molecule has 1 rings (SSSR count). The summed E-state index contributed by atoms with van der Waals surface area (Å²) in [5.41, 5.74) is 0. The van der Waals surface area contributed by atoms with Crippen LogP contribution in [0.4, 0.5) is 0 Å². The van der Waals surface area contributed by atoms with Gasteiger partial charge in [-0.15, -0.1) is 0 Å². The van der Waals surface area contributed by atoms with Crippen molar-refractivity contribution in [3.8, 4) is 0 Å². The number of hydrogen-bond acceptors (Lipinski definition) is 8. The van der Waals surface area contributed by atoms with Gasteiger partial charge in [0.2, 0.25) is 5.91 Å². The Morgan fingerprint density at radius 1 is 0.380 bits per heavy atom. The molecule has 0 aromatic rings. The molecule has 0 bridgehead atoms. The normalized spacial score (nSPS) is 18.4. The van der Waals surface area contributed by atoms with Crippen LogP contribution in [0.25, 0.3) is 0 Å². The fourth-order valence-corrected chi connectivity index (χ4v) is 11.5. The first-order valence-electron chi connectivity index (χ1n) is 38.4. The molecule has 0 aromatic carbocycles. The largest absolute Gasteiger partial charge is 0.394 e. The molecule has 0 saturated carbocycles. The van der Waals surface area contributed by atoms with Crippen molar-refractivity contribution >= 4 is 5.91 Å². The van der Waals surface area contributed by atoms with E-state index in [1.54, 1.807) is 6.08 Å². The molecule has 6 N–H and O–H groups in total. The molecule has 7 unspecified atom stereocenters. The summed E-state index contributed by atoms with van der Waals surface area (Å²) in [6.07, 6.45) is 100. The predicted octanol–water partition coefficient (Wildman–Crippen LogP) is 21.9. The van der Waals surface area contributed by atoms with E-state index in [9.17, 15) is 30.3 Å². The SMILES string of the molecule is CC/C=C\C/C=C\C/C=C\C/C=C\C/C=C\C/C=C\C/C=C\C/C=C\C/C=C\CCCCCCCCCCCCCC(=O)NC(COC1OC(CO)C(O)C(O)C1O)C(O)/C=C/CC/C=C/CCCCCCCCCCCCCCCCCCCCCCCCCC. The number of carbonyl (C=O) groups is 1. The van der Waals surface area contributed by atoms with Crippen LogP contribution in [-0.4, -0.2) is 87.5 Å². The molecule has 1 fully saturated rings. The number of amides is 1. The molecule has 0 radical (unpaired) electrons. The van der Waals surface area contributed by atoms with Crippen molar-refractivity contribution in [2.24, 2.45) is 0 Å².